The molecule has 0 atom stereocenters. The summed E-state index contributed by atoms with van der Waals surface area (Å²) in [6, 6.07) is 0. The Hall–Kier alpha value is -3.64. The Balaban J connectivity index is 7.03. The highest BCUT2D eigenvalue weighted by molar-refractivity contribution is 4.97. The molecule has 0 aliphatic carbocycles. The van der Waals surface area contributed by atoms with Crippen LogP contribution in [0, 0.1) is 49.8 Å². The van der Waals surface area contributed by atoms with E-state index in [1.54, 1.807) is 0 Å². The second-order valence-electron chi connectivity index (χ2n) is 3.14. The molecule has 19 nitrogen and oxygen atoms in total. The van der Waals surface area contributed by atoms with Gasteiger partial charge in [-0.3, -0.25) is 0 Å². The van der Waals surface area contributed by atoms with Gasteiger partial charge in [-0.05, 0) is 0 Å². The van der Waals surface area contributed by atoms with Gasteiger partial charge in [0.15, 0.2) is 0 Å². The fraction of sp³-hybridized carbons (Fsp3) is 1.00. The maximum absolute atomic E-state index is 6.99. The molecule has 0 radical (unpaired) electrons. The summed E-state index contributed by atoms with van der Waals surface area (Å²) in [6.45, 7) is 0. The molecule has 0 bridgehead atoms. The summed E-state index contributed by atoms with van der Waals surface area (Å²) in [4.78, 5) is -0.125. The Morgan fingerprint density at radius 2 is 0.500 bits per heavy atom. The molecule has 0 saturated heterocycles. The first kappa shape index (κ1) is 18.4. The molecule has 0 unspecified atom stereocenters. The molecule has 0 saturated carbocycles. The molecule has 19 heteroatoms. The first-order chi connectivity index (χ1) is 10.4. The predicted molar refractivity (Wildman–Crippen MR) is 56.4 cm³/mol. The SMILES string of the molecule is N=NC(N=N)(N=N)N(C(N=N)(N=N)N=N)C(N=N)(N=N)N=N. The van der Waals surface area contributed by atoms with Crippen LogP contribution >= 0.6 is 0 Å². The summed E-state index contributed by atoms with van der Waals surface area (Å²) >= 11 is 0. The zero-order valence-electron chi connectivity index (χ0n) is 10.5. The van der Waals surface area contributed by atoms with Crippen LogP contribution in [0.5, 0.6) is 0 Å². The van der Waals surface area contributed by atoms with Gasteiger partial charge < -0.3 is 0 Å². The van der Waals surface area contributed by atoms with Crippen LogP contribution in [0.1, 0.15) is 0 Å². The van der Waals surface area contributed by atoms with E-state index in [1.165, 1.54) is 0 Å². The van der Waals surface area contributed by atoms with Gasteiger partial charge >= 0.3 is 17.7 Å². The van der Waals surface area contributed by atoms with Crippen molar-refractivity contribution in [1.29, 1.82) is 49.8 Å². The minimum absolute atomic E-state index is 0.125. The van der Waals surface area contributed by atoms with Crippen LogP contribution < -0.4 is 0 Å². The quantitative estimate of drug-likeness (QED) is 0.240. The van der Waals surface area contributed by atoms with Crippen molar-refractivity contribution in [2.45, 2.75) is 17.7 Å². The van der Waals surface area contributed by atoms with Crippen LogP contribution in [0.3, 0.4) is 0 Å². The van der Waals surface area contributed by atoms with Crippen molar-refractivity contribution < 1.29 is 0 Å². The lowest BCUT2D eigenvalue weighted by Gasteiger charge is -2.40. The molecular formula is C3H9N19. The van der Waals surface area contributed by atoms with E-state index in [-0.39, 0.29) is 4.90 Å². The Kier molecular flexibility index (Phi) is 5.58. The molecule has 0 aliphatic rings. The summed E-state index contributed by atoms with van der Waals surface area (Å²) in [6.07, 6.45) is 0. The zero-order valence-corrected chi connectivity index (χ0v) is 10.5. The van der Waals surface area contributed by atoms with Crippen molar-refractivity contribution >= 4 is 0 Å². The van der Waals surface area contributed by atoms with Crippen LogP contribution in [-0.4, -0.2) is 22.6 Å². The lowest BCUT2D eigenvalue weighted by atomic mass is 10.3. The molecule has 0 rings (SSSR count). The Labute approximate surface area is 119 Å². The predicted octanol–water partition coefficient (Wildman–Crippen LogP) is 3.40. The highest BCUT2D eigenvalue weighted by Crippen LogP contribution is 2.41. The lowest BCUT2D eigenvalue weighted by molar-refractivity contribution is -0.116. The summed E-state index contributed by atoms with van der Waals surface area (Å²) in [5.41, 5.74) is 62.9. The van der Waals surface area contributed by atoms with E-state index >= 15 is 0 Å². The van der Waals surface area contributed by atoms with Crippen LogP contribution in [0.15, 0.2) is 46.0 Å². The third-order valence-corrected chi connectivity index (χ3v) is 2.25. The smallest absolute Gasteiger partial charge is 0.204 e. The van der Waals surface area contributed by atoms with E-state index in [0.717, 1.165) is 0 Å². The average molecular weight is 311 g/mol. The van der Waals surface area contributed by atoms with Crippen LogP contribution in [0.2, 0.25) is 0 Å². The second-order valence-corrected chi connectivity index (χ2v) is 3.14. The summed E-state index contributed by atoms with van der Waals surface area (Å²) < 4.78 is 0. The van der Waals surface area contributed by atoms with Gasteiger partial charge in [-0.15, -0.1) is 46.0 Å². The second kappa shape index (κ2) is 6.69. The van der Waals surface area contributed by atoms with Crippen molar-refractivity contribution in [3.8, 4) is 0 Å². The number of nitrogens with zero attached hydrogens (tertiary/aromatic N) is 10. The maximum atomic E-state index is 6.99. The molecule has 0 aromatic carbocycles. The topological polar surface area (TPSA) is 329 Å². The Bertz CT molecular complexity index is 383. The molecule has 0 heterocycles. The van der Waals surface area contributed by atoms with Gasteiger partial charge in [0.2, 0.25) is 0 Å². The van der Waals surface area contributed by atoms with Crippen LogP contribution in [0.25, 0.3) is 0 Å². The summed E-state index contributed by atoms with van der Waals surface area (Å²) in [7, 11) is 0. The number of hydrogen-bond acceptors (Lipinski definition) is 19. The van der Waals surface area contributed by atoms with Gasteiger partial charge in [0.25, 0.3) is 0 Å². The molecule has 9 N–H and O–H groups in total. The lowest BCUT2D eigenvalue weighted by Crippen LogP contribution is -2.64. The fourth-order valence-corrected chi connectivity index (χ4v) is 1.28. The highest BCUT2D eigenvalue weighted by Gasteiger charge is 2.64. The molecule has 0 aromatic rings. The van der Waals surface area contributed by atoms with Gasteiger partial charge in [-0.2, -0.15) is 0 Å². The van der Waals surface area contributed by atoms with Crippen molar-refractivity contribution in [2.75, 3.05) is 0 Å². The zero-order chi connectivity index (χ0) is 17.4. The molecule has 0 spiro atoms. The maximum Gasteiger partial charge on any atom is 0.370 e. The third kappa shape index (κ3) is 2.26. The number of nitrogens with one attached hydrogen (secondary N) is 9. The first-order valence-corrected chi connectivity index (χ1v) is 4.70. The number of hydrogen-bond donors (Lipinski definition) is 9. The van der Waals surface area contributed by atoms with Gasteiger partial charge in [0.1, 0.15) is 0 Å². The van der Waals surface area contributed by atoms with Crippen LogP contribution in [-0.2, 0) is 0 Å². The molecule has 0 aromatic heterocycles. The monoisotopic (exact) mass is 311 g/mol. The van der Waals surface area contributed by atoms with Crippen molar-refractivity contribution in [2.24, 2.45) is 46.0 Å². The van der Waals surface area contributed by atoms with E-state index in [2.05, 4.69) is 46.0 Å². The molecule has 0 aliphatic heterocycles. The molecule has 116 valence electrons. The molecular weight excluding hydrogens is 302 g/mol. The van der Waals surface area contributed by atoms with E-state index in [9.17, 15) is 0 Å². The molecule has 22 heavy (non-hydrogen) atoms. The van der Waals surface area contributed by atoms with E-state index < -0.39 is 17.7 Å². The third-order valence-electron chi connectivity index (χ3n) is 2.25. The minimum atomic E-state index is -3.06. The van der Waals surface area contributed by atoms with Gasteiger partial charge in [-0.25, -0.2) is 49.8 Å². The summed E-state index contributed by atoms with van der Waals surface area (Å²) in [5.74, 6) is -9.17. The van der Waals surface area contributed by atoms with Crippen molar-refractivity contribution in [3.63, 3.8) is 0 Å². The largest absolute Gasteiger partial charge is 0.370 e. The van der Waals surface area contributed by atoms with Gasteiger partial charge in [0.05, 0.1) is 0 Å². The van der Waals surface area contributed by atoms with E-state index in [4.69, 9.17) is 49.8 Å². The molecule has 0 amide bonds. The Morgan fingerprint density at radius 3 is 0.591 bits per heavy atom. The normalized spacial score (nSPS) is 18.4. The Morgan fingerprint density at radius 1 is 0.364 bits per heavy atom. The van der Waals surface area contributed by atoms with Gasteiger partial charge in [-0.1, -0.05) is 4.90 Å². The van der Waals surface area contributed by atoms with Crippen molar-refractivity contribution in [1.82, 2.24) is 4.90 Å². The van der Waals surface area contributed by atoms with E-state index in [1.807, 2.05) is 0 Å². The van der Waals surface area contributed by atoms with Crippen LogP contribution in [0.4, 0.5) is 0 Å². The summed E-state index contributed by atoms with van der Waals surface area (Å²) in [5, 5.41) is 24.2. The average Bonchev–Trinajstić information content (AvgIpc) is 2.60. The minimum Gasteiger partial charge on any atom is -0.204 e. The first-order valence-electron chi connectivity index (χ1n) is 4.70. The number of rotatable bonds is 12. The van der Waals surface area contributed by atoms with Gasteiger partial charge in [0, 0.05) is 0 Å². The standard InChI is InChI=1S/C3H9N19/c4-13-1(14-5,15-6)22(2(16-7,17-8)18-9)3(19-10,20-11)21-12/h4-12H. The fourth-order valence-electron chi connectivity index (χ4n) is 1.28. The van der Waals surface area contributed by atoms with E-state index in [0.29, 0.717) is 0 Å². The highest BCUT2D eigenvalue weighted by atomic mass is 15.8. The molecule has 0 fully saturated rings. The van der Waals surface area contributed by atoms with Crippen molar-refractivity contribution in [3.05, 3.63) is 0 Å².